The number of carbonyl (C=O) groups is 1. The Hall–Kier alpha value is -3.24. The van der Waals surface area contributed by atoms with Crippen LogP contribution < -0.4 is 4.74 Å². The van der Waals surface area contributed by atoms with Crippen molar-refractivity contribution in [2.75, 3.05) is 0 Å². The smallest absolute Gasteiger partial charge is 0.306 e. The number of H-pyrrole nitrogens is 1. The van der Waals surface area contributed by atoms with Gasteiger partial charge in [0.25, 0.3) is 0 Å². The summed E-state index contributed by atoms with van der Waals surface area (Å²) < 4.78 is 6.15. The molecule has 2 N–H and O–H groups in total. The standard InChI is InChI=1S/C25H22ClNO3/c1-16(25(28)29)11-17-5-8-24(30-15-18-3-2-4-21(26)12-18)22(13-17)19-6-7-23-20(14-19)9-10-27-23/h2-10,12-14,16,27H,11,15H2,1H3,(H,28,29). The summed E-state index contributed by atoms with van der Waals surface area (Å²) in [7, 11) is 0. The van der Waals surface area contributed by atoms with Gasteiger partial charge >= 0.3 is 5.97 Å². The first-order chi connectivity index (χ1) is 14.5. The van der Waals surface area contributed by atoms with Crippen molar-refractivity contribution in [3.05, 3.63) is 89.1 Å². The SMILES string of the molecule is CC(Cc1ccc(OCc2cccc(Cl)c2)c(-c2ccc3[nH]ccc3c2)c1)C(=O)O. The lowest BCUT2D eigenvalue weighted by Gasteiger charge is -2.15. The number of nitrogens with one attached hydrogen (secondary N) is 1. The number of aromatic nitrogens is 1. The lowest BCUT2D eigenvalue weighted by molar-refractivity contribution is -0.141. The minimum atomic E-state index is -0.799. The van der Waals surface area contributed by atoms with Gasteiger partial charge in [0, 0.05) is 22.3 Å². The molecule has 30 heavy (non-hydrogen) atoms. The van der Waals surface area contributed by atoms with Gasteiger partial charge in [0.05, 0.1) is 5.92 Å². The van der Waals surface area contributed by atoms with Gasteiger partial charge in [0.2, 0.25) is 0 Å². The Balaban J connectivity index is 1.69. The van der Waals surface area contributed by atoms with Crippen molar-refractivity contribution < 1.29 is 14.6 Å². The van der Waals surface area contributed by atoms with Crippen LogP contribution in [0.15, 0.2) is 72.9 Å². The average Bonchev–Trinajstić information content (AvgIpc) is 3.20. The molecule has 0 radical (unpaired) electrons. The number of fused-ring (bicyclic) bond motifs is 1. The fraction of sp³-hybridized carbons (Fsp3) is 0.160. The molecular formula is C25H22ClNO3. The maximum absolute atomic E-state index is 11.3. The van der Waals surface area contributed by atoms with Gasteiger partial charge < -0.3 is 14.8 Å². The fourth-order valence-electron chi connectivity index (χ4n) is 3.51. The normalized spacial score (nSPS) is 12.1. The van der Waals surface area contributed by atoms with Gasteiger partial charge in [-0.1, -0.05) is 42.8 Å². The predicted octanol–water partition coefficient (Wildman–Crippen LogP) is 6.33. The number of hydrogen-bond donors (Lipinski definition) is 2. The van der Waals surface area contributed by atoms with Gasteiger partial charge in [-0.2, -0.15) is 0 Å². The summed E-state index contributed by atoms with van der Waals surface area (Å²) in [5.74, 6) is -0.508. The fourth-order valence-corrected chi connectivity index (χ4v) is 3.72. The lowest BCUT2D eigenvalue weighted by Crippen LogP contribution is -2.12. The molecule has 0 aliphatic carbocycles. The van der Waals surface area contributed by atoms with Crippen molar-refractivity contribution in [3.8, 4) is 16.9 Å². The maximum atomic E-state index is 11.3. The van der Waals surface area contributed by atoms with E-state index in [1.165, 1.54) is 0 Å². The summed E-state index contributed by atoms with van der Waals surface area (Å²) in [5.41, 5.74) is 4.97. The van der Waals surface area contributed by atoms with E-state index in [2.05, 4.69) is 11.1 Å². The first kappa shape index (κ1) is 20.0. The summed E-state index contributed by atoms with van der Waals surface area (Å²) in [6.07, 6.45) is 2.37. The van der Waals surface area contributed by atoms with Crippen molar-refractivity contribution in [2.45, 2.75) is 20.0 Å². The molecule has 4 nitrogen and oxygen atoms in total. The van der Waals surface area contributed by atoms with Crippen LogP contribution in [0.5, 0.6) is 5.75 Å². The van der Waals surface area contributed by atoms with E-state index in [1.54, 1.807) is 6.92 Å². The Morgan fingerprint density at radius 1 is 1.07 bits per heavy atom. The van der Waals surface area contributed by atoms with Crippen LogP contribution in [0, 0.1) is 5.92 Å². The molecule has 0 aliphatic rings. The zero-order valence-electron chi connectivity index (χ0n) is 16.6. The van der Waals surface area contributed by atoms with Crippen molar-refractivity contribution in [1.29, 1.82) is 0 Å². The van der Waals surface area contributed by atoms with Gasteiger partial charge in [-0.25, -0.2) is 0 Å². The van der Waals surface area contributed by atoms with E-state index in [-0.39, 0.29) is 0 Å². The third-order valence-electron chi connectivity index (χ3n) is 5.16. The molecule has 0 amide bonds. The summed E-state index contributed by atoms with van der Waals surface area (Å²) in [6, 6.07) is 21.7. The molecule has 3 aromatic carbocycles. The monoisotopic (exact) mass is 419 g/mol. The molecule has 1 atom stereocenters. The van der Waals surface area contributed by atoms with Crippen LogP contribution in [0.4, 0.5) is 0 Å². The Bertz CT molecular complexity index is 1200. The highest BCUT2D eigenvalue weighted by Gasteiger charge is 2.15. The number of aromatic amines is 1. The molecule has 1 heterocycles. The molecule has 1 aromatic heterocycles. The Kier molecular flexibility index (Phi) is 5.77. The Labute approximate surface area is 180 Å². The number of benzene rings is 3. The number of halogens is 1. The minimum Gasteiger partial charge on any atom is -0.488 e. The zero-order chi connectivity index (χ0) is 21.1. The van der Waals surface area contributed by atoms with Crippen molar-refractivity contribution in [2.24, 2.45) is 5.92 Å². The third kappa shape index (κ3) is 4.50. The van der Waals surface area contributed by atoms with E-state index in [0.717, 1.165) is 38.9 Å². The number of hydrogen-bond acceptors (Lipinski definition) is 2. The van der Waals surface area contributed by atoms with Crippen LogP contribution >= 0.6 is 11.6 Å². The Morgan fingerprint density at radius 3 is 2.73 bits per heavy atom. The van der Waals surface area contributed by atoms with Crippen molar-refractivity contribution >= 4 is 28.5 Å². The van der Waals surface area contributed by atoms with Gasteiger partial charge in [-0.3, -0.25) is 4.79 Å². The lowest BCUT2D eigenvalue weighted by atomic mass is 9.96. The molecule has 1 unspecified atom stereocenters. The van der Waals surface area contributed by atoms with Crippen LogP contribution in [-0.2, 0) is 17.8 Å². The van der Waals surface area contributed by atoms with Crippen LogP contribution in [-0.4, -0.2) is 16.1 Å². The number of carboxylic acids is 1. The molecule has 0 aliphatic heterocycles. The van der Waals surface area contributed by atoms with Crippen LogP contribution in [0.2, 0.25) is 5.02 Å². The second-order valence-electron chi connectivity index (χ2n) is 7.47. The molecule has 0 fully saturated rings. The molecule has 4 rings (SSSR count). The highest BCUT2D eigenvalue weighted by Crippen LogP contribution is 2.34. The Morgan fingerprint density at radius 2 is 1.93 bits per heavy atom. The minimum absolute atomic E-state index is 0.394. The number of aliphatic carboxylic acids is 1. The first-order valence-corrected chi connectivity index (χ1v) is 10.2. The summed E-state index contributed by atoms with van der Waals surface area (Å²) >= 11 is 6.09. The number of rotatable bonds is 7. The average molecular weight is 420 g/mol. The summed E-state index contributed by atoms with van der Waals surface area (Å²) in [5, 5.41) is 11.1. The molecule has 0 saturated heterocycles. The van der Waals surface area contributed by atoms with Crippen LogP contribution in [0.25, 0.3) is 22.0 Å². The second-order valence-corrected chi connectivity index (χ2v) is 7.91. The summed E-state index contributed by atoms with van der Waals surface area (Å²) in [6.45, 7) is 2.11. The largest absolute Gasteiger partial charge is 0.488 e. The van der Waals surface area contributed by atoms with E-state index in [9.17, 15) is 9.90 Å². The van der Waals surface area contributed by atoms with E-state index in [0.29, 0.717) is 18.1 Å². The van der Waals surface area contributed by atoms with E-state index in [4.69, 9.17) is 16.3 Å². The van der Waals surface area contributed by atoms with Gasteiger partial charge in [-0.05, 0) is 71.0 Å². The van der Waals surface area contributed by atoms with Crippen LogP contribution in [0.3, 0.4) is 0 Å². The second kappa shape index (κ2) is 8.64. The van der Waals surface area contributed by atoms with Crippen molar-refractivity contribution in [3.63, 3.8) is 0 Å². The summed E-state index contributed by atoms with van der Waals surface area (Å²) in [4.78, 5) is 14.5. The molecule has 152 valence electrons. The third-order valence-corrected chi connectivity index (χ3v) is 5.39. The highest BCUT2D eigenvalue weighted by molar-refractivity contribution is 6.30. The van der Waals surface area contributed by atoms with Gasteiger partial charge in [0.1, 0.15) is 12.4 Å². The van der Waals surface area contributed by atoms with Gasteiger partial charge in [0.15, 0.2) is 0 Å². The number of ether oxygens (including phenoxy) is 1. The topological polar surface area (TPSA) is 62.3 Å². The van der Waals surface area contributed by atoms with Crippen molar-refractivity contribution in [1.82, 2.24) is 4.98 Å². The zero-order valence-corrected chi connectivity index (χ0v) is 17.3. The molecule has 0 spiro atoms. The predicted molar refractivity (Wildman–Crippen MR) is 120 cm³/mol. The quantitative estimate of drug-likeness (QED) is 0.368. The number of carboxylic acid groups (broad SMARTS) is 1. The molecule has 5 heteroatoms. The molecular weight excluding hydrogens is 398 g/mol. The molecule has 4 aromatic rings. The highest BCUT2D eigenvalue weighted by atomic mass is 35.5. The maximum Gasteiger partial charge on any atom is 0.306 e. The van der Waals surface area contributed by atoms with E-state index >= 15 is 0 Å². The first-order valence-electron chi connectivity index (χ1n) is 9.80. The van der Waals surface area contributed by atoms with Crippen LogP contribution in [0.1, 0.15) is 18.1 Å². The van der Waals surface area contributed by atoms with Gasteiger partial charge in [-0.15, -0.1) is 0 Å². The van der Waals surface area contributed by atoms with E-state index in [1.807, 2.05) is 66.9 Å². The van der Waals surface area contributed by atoms with E-state index < -0.39 is 11.9 Å². The molecule has 0 bridgehead atoms. The molecule has 0 saturated carbocycles.